The number of likely N-dealkylation sites (N-methyl/N-ethyl adjacent to an activating group) is 1. The molecule has 2 heterocycles. The van der Waals surface area contributed by atoms with Gasteiger partial charge in [-0.15, -0.1) is 0 Å². The third kappa shape index (κ3) is 2.27. The highest BCUT2D eigenvalue weighted by molar-refractivity contribution is 5.82. The van der Waals surface area contributed by atoms with Crippen molar-refractivity contribution in [1.82, 2.24) is 20.2 Å². The molecule has 0 radical (unpaired) electrons. The van der Waals surface area contributed by atoms with Crippen LogP contribution in [0.25, 0.3) is 0 Å². The van der Waals surface area contributed by atoms with Crippen LogP contribution in [0.1, 0.15) is 38.6 Å². The van der Waals surface area contributed by atoms with Crippen molar-refractivity contribution in [2.75, 3.05) is 7.05 Å². The molecule has 0 saturated heterocycles. The summed E-state index contributed by atoms with van der Waals surface area (Å²) >= 11 is 0. The van der Waals surface area contributed by atoms with Crippen LogP contribution in [0.15, 0.2) is 6.33 Å². The average molecular weight is 250 g/mol. The van der Waals surface area contributed by atoms with E-state index in [1.807, 2.05) is 11.9 Å². The van der Waals surface area contributed by atoms with Crippen molar-refractivity contribution in [3.8, 4) is 0 Å². The molecule has 2 rings (SSSR count). The number of hydrogen-bond donors (Lipinski definition) is 2. The predicted octanol–water partition coefficient (Wildman–Crippen LogP) is 1.07. The first-order valence-electron chi connectivity index (χ1n) is 6.48. The fourth-order valence-electron chi connectivity index (χ4n) is 2.11. The molecule has 0 aromatic carbocycles. The summed E-state index contributed by atoms with van der Waals surface area (Å²) in [6.45, 7) is 6.97. The molecule has 2 N–H and O–H groups in total. The molecule has 1 amide bonds. The Morgan fingerprint density at radius 2 is 2.33 bits per heavy atom. The molecule has 1 unspecified atom stereocenters. The van der Waals surface area contributed by atoms with E-state index < -0.39 is 0 Å². The summed E-state index contributed by atoms with van der Waals surface area (Å²) in [5.41, 5.74) is 2.00. The maximum Gasteiger partial charge on any atom is 0.240 e. The monoisotopic (exact) mass is 250 g/mol. The predicted molar refractivity (Wildman–Crippen MR) is 70.1 cm³/mol. The van der Waals surface area contributed by atoms with Crippen LogP contribution >= 0.6 is 0 Å². The van der Waals surface area contributed by atoms with Gasteiger partial charge in [0.2, 0.25) is 5.91 Å². The van der Waals surface area contributed by atoms with E-state index in [2.05, 4.69) is 36.1 Å². The first-order valence-corrected chi connectivity index (χ1v) is 6.48. The lowest BCUT2D eigenvalue weighted by Gasteiger charge is -2.38. The summed E-state index contributed by atoms with van der Waals surface area (Å²) in [5, 5.41) is 3.28. The highest BCUT2D eigenvalue weighted by atomic mass is 16.2. The number of carbonyl (C=O) groups is 1. The SMILES string of the molecule is CCC(C)(C)N(C)C(=O)C1Cc2nc[nH]c2CN1. The molecule has 100 valence electrons. The van der Waals surface area contributed by atoms with E-state index in [-0.39, 0.29) is 17.5 Å². The second-order valence-electron chi connectivity index (χ2n) is 5.53. The minimum absolute atomic E-state index is 0.107. The van der Waals surface area contributed by atoms with Gasteiger partial charge in [-0.05, 0) is 20.3 Å². The smallest absolute Gasteiger partial charge is 0.240 e. The summed E-state index contributed by atoms with van der Waals surface area (Å²) in [6.07, 6.45) is 3.30. The molecule has 0 aliphatic carbocycles. The van der Waals surface area contributed by atoms with Gasteiger partial charge in [0.25, 0.3) is 0 Å². The van der Waals surface area contributed by atoms with Crippen LogP contribution in [0.5, 0.6) is 0 Å². The van der Waals surface area contributed by atoms with Gasteiger partial charge >= 0.3 is 0 Å². The number of H-pyrrole nitrogens is 1. The zero-order valence-corrected chi connectivity index (χ0v) is 11.6. The van der Waals surface area contributed by atoms with Crippen LogP contribution in [0, 0.1) is 0 Å². The molecular formula is C13H22N4O. The fourth-order valence-corrected chi connectivity index (χ4v) is 2.11. The van der Waals surface area contributed by atoms with Crippen molar-refractivity contribution in [3.63, 3.8) is 0 Å². The number of amides is 1. The first-order chi connectivity index (χ1) is 8.45. The minimum atomic E-state index is -0.156. The second kappa shape index (κ2) is 4.72. The number of nitrogens with zero attached hydrogens (tertiary/aromatic N) is 2. The van der Waals surface area contributed by atoms with E-state index in [1.54, 1.807) is 6.33 Å². The Balaban J connectivity index is 2.08. The van der Waals surface area contributed by atoms with Crippen molar-refractivity contribution in [3.05, 3.63) is 17.7 Å². The first kappa shape index (κ1) is 13.1. The molecule has 0 saturated carbocycles. The fraction of sp³-hybridized carbons (Fsp3) is 0.692. The standard InChI is InChI=1S/C13H22N4O/c1-5-13(2,3)17(4)12(18)10-6-9-11(7-14-10)16-8-15-9/h8,10,14H,5-7H2,1-4H3,(H,15,16). The molecule has 1 aromatic rings. The van der Waals surface area contributed by atoms with Crippen LogP contribution in [-0.4, -0.2) is 39.4 Å². The quantitative estimate of drug-likeness (QED) is 0.843. The summed E-state index contributed by atoms with van der Waals surface area (Å²) in [6, 6.07) is -0.156. The maximum atomic E-state index is 12.5. The van der Waals surface area contributed by atoms with Crippen LogP contribution in [0.4, 0.5) is 0 Å². The van der Waals surface area contributed by atoms with Gasteiger partial charge in [-0.1, -0.05) is 6.92 Å². The third-order valence-corrected chi connectivity index (χ3v) is 4.13. The molecule has 1 aromatic heterocycles. The summed E-state index contributed by atoms with van der Waals surface area (Å²) < 4.78 is 0. The molecule has 0 fully saturated rings. The number of aromatic nitrogens is 2. The Morgan fingerprint density at radius 3 is 3.00 bits per heavy atom. The highest BCUT2D eigenvalue weighted by Gasteiger charge is 2.33. The van der Waals surface area contributed by atoms with Gasteiger partial charge in [-0.3, -0.25) is 10.1 Å². The molecule has 5 heteroatoms. The van der Waals surface area contributed by atoms with Crippen molar-refractivity contribution < 1.29 is 4.79 Å². The Kier molecular flexibility index (Phi) is 3.43. The summed E-state index contributed by atoms with van der Waals surface area (Å²) in [4.78, 5) is 21.7. The maximum absolute atomic E-state index is 12.5. The van der Waals surface area contributed by atoms with E-state index in [0.717, 1.165) is 17.8 Å². The topological polar surface area (TPSA) is 61.0 Å². The van der Waals surface area contributed by atoms with Crippen molar-refractivity contribution in [2.45, 2.75) is 51.7 Å². The lowest BCUT2D eigenvalue weighted by molar-refractivity contribution is -0.137. The summed E-state index contributed by atoms with van der Waals surface area (Å²) in [5.74, 6) is 0.149. The lowest BCUT2D eigenvalue weighted by Crippen LogP contribution is -2.54. The second-order valence-corrected chi connectivity index (χ2v) is 5.53. The van der Waals surface area contributed by atoms with Crippen molar-refractivity contribution in [2.24, 2.45) is 0 Å². The largest absolute Gasteiger partial charge is 0.347 e. The minimum Gasteiger partial charge on any atom is -0.347 e. The Morgan fingerprint density at radius 1 is 1.61 bits per heavy atom. The van der Waals surface area contributed by atoms with Crippen LogP contribution in [0.3, 0.4) is 0 Å². The van der Waals surface area contributed by atoms with Gasteiger partial charge in [0.05, 0.1) is 23.8 Å². The van der Waals surface area contributed by atoms with Crippen molar-refractivity contribution >= 4 is 5.91 Å². The van der Waals surface area contributed by atoms with E-state index >= 15 is 0 Å². The van der Waals surface area contributed by atoms with Gasteiger partial charge in [0.1, 0.15) is 0 Å². The van der Waals surface area contributed by atoms with E-state index in [9.17, 15) is 4.79 Å². The number of hydrogen-bond acceptors (Lipinski definition) is 3. The molecule has 1 aliphatic heterocycles. The van der Waals surface area contributed by atoms with Gasteiger partial charge in [0.15, 0.2) is 0 Å². The lowest BCUT2D eigenvalue weighted by atomic mass is 9.97. The Hall–Kier alpha value is -1.36. The van der Waals surface area contributed by atoms with Gasteiger partial charge < -0.3 is 9.88 Å². The number of imidazole rings is 1. The highest BCUT2D eigenvalue weighted by Crippen LogP contribution is 2.20. The molecule has 1 atom stereocenters. The van der Waals surface area contributed by atoms with Gasteiger partial charge in [-0.2, -0.15) is 0 Å². The number of nitrogens with one attached hydrogen (secondary N) is 2. The van der Waals surface area contributed by atoms with Crippen LogP contribution in [0.2, 0.25) is 0 Å². The molecular weight excluding hydrogens is 228 g/mol. The molecule has 5 nitrogen and oxygen atoms in total. The van der Waals surface area contributed by atoms with Gasteiger partial charge in [-0.25, -0.2) is 4.98 Å². The molecule has 18 heavy (non-hydrogen) atoms. The number of fused-ring (bicyclic) bond motifs is 1. The normalized spacial score (nSPS) is 19.4. The Bertz CT molecular complexity index is 438. The van der Waals surface area contributed by atoms with E-state index in [0.29, 0.717) is 13.0 Å². The van der Waals surface area contributed by atoms with Crippen molar-refractivity contribution in [1.29, 1.82) is 0 Å². The van der Waals surface area contributed by atoms with Gasteiger partial charge in [0, 0.05) is 25.6 Å². The van der Waals surface area contributed by atoms with E-state index in [1.165, 1.54) is 0 Å². The molecule has 0 bridgehead atoms. The van der Waals surface area contributed by atoms with Crippen LogP contribution < -0.4 is 5.32 Å². The van der Waals surface area contributed by atoms with Crippen LogP contribution in [-0.2, 0) is 17.8 Å². The molecule has 1 aliphatic rings. The average Bonchev–Trinajstić information content (AvgIpc) is 2.84. The summed E-state index contributed by atoms with van der Waals surface area (Å²) in [7, 11) is 1.88. The Labute approximate surface area is 108 Å². The molecule has 0 spiro atoms. The third-order valence-electron chi connectivity index (χ3n) is 4.13. The number of carbonyl (C=O) groups excluding carboxylic acids is 1. The zero-order valence-electron chi connectivity index (χ0n) is 11.6. The number of rotatable bonds is 3. The van der Waals surface area contributed by atoms with E-state index in [4.69, 9.17) is 0 Å². The zero-order chi connectivity index (χ0) is 13.3. The number of aromatic amines is 1.